The molecule has 0 unspecified atom stereocenters. The van der Waals surface area contributed by atoms with Crippen LogP contribution in [0.4, 0.5) is 13.2 Å². The molecule has 0 aromatic heterocycles. The Labute approximate surface area is 154 Å². The number of amides is 1. The van der Waals surface area contributed by atoms with E-state index in [0.717, 1.165) is 5.56 Å². The molecule has 8 heteroatoms. The Bertz CT molecular complexity index is 695. The number of halogens is 3. The number of hydrogen-bond donors (Lipinski definition) is 1. The molecule has 1 heterocycles. The number of thioether (sulfide) groups is 1. The monoisotopic (exact) mass is 386 g/mol. The second-order valence-electron chi connectivity index (χ2n) is 6.93. The number of benzene rings is 1. The predicted molar refractivity (Wildman–Crippen MR) is 94.4 cm³/mol. The molecule has 3 rings (SSSR count). The van der Waals surface area contributed by atoms with Crippen LogP contribution < -0.4 is 0 Å². The van der Waals surface area contributed by atoms with Crippen molar-refractivity contribution in [2.24, 2.45) is 16.9 Å². The molecule has 1 N–H and O–H groups in total. The minimum absolute atomic E-state index is 0.0512. The highest BCUT2D eigenvalue weighted by Crippen LogP contribution is 2.49. The van der Waals surface area contributed by atoms with Gasteiger partial charge in [0, 0.05) is 11.5 Å². The van der Waals surface area contributed by atoms with Crippen molar-refractivity contribution >= 4 is 23.4 Å². The van der Waals surface area contributed by atoms with E-state index in [0.29, 0.717) is 23.6 Å². The van der Waals surface area contributed by atoms with E-state index in [9.17, 15) is 23.1 Å². The Balaban J connectivity index is 1.74. The summed E-state index contributed by atoms with van der Waals surface area (Å²) in [6, 6.07) is 9.35. The summed E-state index contributed by atoms with van der Waals surface area (Å²) in [7, 11) is 0. The van der Waals surface area contributed by atoms with Gasteiger partial charge in [-0.15, -0.1) is 11.8 Å². The molecule has 142 valence electrons. The summed E-state index contributed by atoms with van der Waals surface area (Å²) in [5.41, 5.74) is -1.97. The number of fused-ring (bicyclic) bond motifs is 1. The van der Waals surface area contributed by atoms with Crippen LogP contribution in [-0.2, 0) is 10.5 Å². The van der Waals surface area contributed by atoms with Gasteiger partial charge in [-0.2, -0.15) is 23.3 Å². The van der Waals surface area contributed by atoms with Crippen LogP contribution in [-0.4, -0.2) is 39.4 Å². The van der Waals surface area contributed by atoms with Gasteiger partial charge in [0.25, 0.3) is 11.6 Å². The number of aliphatic hydroxyl groups is 1. The third kappa shape index (κ3) is 3.49. The summed E-state index contributed by atoms with van der Waals surface area (Å²) < 4.78 is 41.1. The van der Waals surface area contributed by atoms with E-state index >= 15 is 0 Å². The quantitative estimate of drug-likeness (QED) is 0.856. The van der Waals surface area contributed by atoms with E-state index in [1.54, 1.807) is 0 Å². The molecule has 4 nitrogen and oxygen atoms in total. The fourth-order valence-electron chi connectivity index (χ4n) is 3.55. The molecule has 0 radical (unpaired) electrons. The van der Waals surface area contributed by atoms with Crippen LogP contribution in [0.15, 0.2) is 35.4 Å². The van der Waals surface area contributed by atoms with Crippen molar-refractivity contribution in [1.82, 2.24) is 5.01 Å². The Morgan fingerprint density at radius 2 is 2.08 bits per heavy atom. The lowest BCUT2D eigenvalue weighted by Gasteiger charge is -2.39. The first kappa shape index (κ1) is 19.2. The van der Waals surface area contributed by atoms with Gasteiger partial charge in [-0.1, -0.05) is 37.3 Å². The van der Waals surface area contributed by atoms with Gasteiger partial charge in [0.05, 0.1) is 11.7 Å². The van der Waals surface area contributed by atoms with E-state index < -0.39 is 23.7 Å². The van der Waals surface area contributed by atoms with Gasteiger partial charge in [-0.3, -0.25) is 4.79 Å². The van der Waals surface area contributed by atoms with Crippen molar-refractivity contribution in [2.45, 2.75) is 43.8 Å². The molecule has 0 spiro atoms. The summed E-state index contributed by atoms with van der Waals surface area (Å²) in [5, 5.41) is 14.7. The molecule has 1 amide bonds. The first-order chi connectivity index (χ1) is 12.2. The lowest BCUT2D eigenvalue weighted by atomic mass is 9.76. The zero-order chi connectivity index (χ0) is 18.9. The van der Waals surface area contributed by atoms with Crippen molar-refractivity contribution in [1.29, 1.82) is 0 Å². The fourth-order valence-corrected chi connectivity index (χ4v) is 4.38. The smallest absolute Gasteiger partial charge is 0.362 e. The molecule has 1 aromatic rings. The maximum Gasteiger partial charge on any atom is 0.439 e. The number of rotatable bonds is 4. The minimum Gasteiger partial charge on any atom is -0.362 e. The van der Waals surface area contributed by atoms with E-state index in [1.807, 2.05) is 37.3 Å². The number of carbonyl (C=O) groups excluding carboxylic acids is 1. The Morgan fingerprint density at radius 1 is 1.38 bits per heavy atom. The lowest BCUT2D eigenvalue weighted by molar-refractivity contribution is -0.317. The molecule has 0 bridgehead atoms. The molecule has 0 saturated heterocycles. The van der Waals surface area contributed by atoms with Crippen molar-refractivity contribution in [3.63, 3.8) is 0 Å². The van der Waals surface area contributed by atoms with Crippen LogP contribution in [0.3, 0.4) is 0 Å². The number of carbonyl (C=O) groups is 1. The summed E-state index contributed by atoms with van der Waals surface area (Å²) in [6.07, 6.45) is -3.69. The van der Waals surface area contributed by atoms with Crippen LogP contribution in [0.25, 0.3) is 0 Å². The Morgan fingerprint density at radius 3 is 2.73 bits per heavy atom. The maximum atomic E-state index is 13.7. The van der Waals surface area contributed by atoms with Crippen LogP contribution >= 0.6 is 11.8 Å². The van der Waals surface area contributed by atoms with Gasteiger partial charge < -0.3 is 5.11 Å². The average molecular weight is 386 g/mol. The lowest BCUT2D eigenvalue weighted by Crippen LogP contribution is -2.62. The summed E-state index contributed by atoms with van der Waals surface area (Å²) >= 11 is 1.21. The molecule has 26 heavy (non-hydrogen) atoms. The SMILES string of the molecule is C[C@@H]1CCC2=NN(C(=O)CSCc3ccccc3)[C@@](O)(C(F)(F)F)[C@@H]2C1. The fraction of sp³-hybridized carbons (Fsp3) is 0.556. The number of hydrogen-bond acceptors (Lipinski definition) is 4. The first-order valence-electron chi connectivity index (χ1n) is 8.54. The Hall–Kier alpha value is -1.54. The third-order valence-electron chi connectivity index (χ3n) is 4.96. The van der Waals surface area contributed by atoms with Crippen molar-refractivity contribution in [2.75, 3.05) is 5.75 Å². The predicted octanol–water partition coefficient (Wildman–Crippen LogP) is 3.81. The van der Waals surface area contributed by atoms with Crippen LogP contribution in [0, 0.1) is 11.8 Å². The molecular formula is C18H21F3N2O2S. The highest BCUT2D eigenvalue weighted by molar-refractivity contribution is 7.99. The van der Waals surface area contributed by atoms with E-state index in [2.05, 4.69) is 5.10 Å². The van der Waals surface area contributed by atoms with Crippen molar-refractivity contribution in [3.05, 3.63) is 35.9 Å². The maximum absolute atomic E-state index is 13.7. The minimum atomic E-state index is -4.96. The number of alkyl halides is 3. The van der Waals surface area contributed by atoms with Gasteiger partial charge >= 0.3 is 6.18 Å². The molecule has 2 aliphatic rings. The average Bonchev–Trinajstić information content (AvgIpc) is 2.89. The van der Waals surface area contributed by atoms with Gasteiger partial charge in [0.2, 0.25) is 0 Å². The molecular weight excluding hydrogens is 365 g/mol. The number of nitrogens with zero attached hydrogens (tertiary/aromatic N) is 2. The highest BCUT2D eigenvalue weighted by Gasteiger charge is 2.68. The van der Waals surface area contributed by atoms with E-state index in [4.69, 9.17) is 0 Å². The topological polar surface area (TPSA) is 52.9 Å². The Kier molecular flexibility index (Phi) is 5.35. The van der Waals surface area contributed by atoms with E-state index in [-0.39, 0.29) is 23.8 Å². The second kappa shape index (κ2) is 7.23. The van der Waals surface area contributed by atoms with Crippen LogP contribution in [0.5, 0.6) is 0 Å². The normalized spacial score (nSPS) is 28.7. The summed E-state index contributed by atoms with van der Waals surface area (Å²) in [5.74, 6) is -1.61. The van der Waals surface area contributed by atoms with Crippen molar-refractivity contribution in [3.8, 4) is 0 Å². The molecule has 1 fully saturated rings. The molecule has 3 atom stereocenters. The van der Waals surface area contributed by atoms with Gasteiger partial charge in [0.15, 0.2) is 0 Å². The van der Waals surface area contributed by atoms with Gasteiger partial charge in [-0.25, -0.2) is 0 Å². The zero-order valence-corrected chi connectivity index (χ0v) is 15.2. The summed E-state index contributed by atoms with van der Waals surface area (Å²) in [4.78, 5) is 12.5. The largest absolute Gasteiger partial charge is 0.439 e. The molecule has 1 aromatic carbocycles. The summed E-state index contributed by atoms with van der Waals surface area (Å²) in [6.45, 7) is 1.85. The van der Waals surface area contributed by atoms with E-state index in [1.165, 1.54) is 11.8 Å². The van der Waals surface area contributed by atoms with Gasteiger partial charge in [0.1, 0.15) is 0 Å². The highest BCUT2D eigenvalue weighted by atomic mass is 32.2. The first-order valence-corrected chi connectivity index (χ1v) is 9.70. The number of hydrazone groups is 1. The molecule has 1 aliphatic carbocycles. The van der Waals surface area contributed by atoms with Crippen LogP contribution in [0.1, 0.15) is 31.7 Å². The van der Waals surface area contributed by atoms with Gasteiger partial charge in [-0.05, 0) is 30.7 Å². The molecule has 1 aliphatic heterocycles. The third-order valence-corrected chi connectivity index (χ3v) is 5.95. The molecule has 1 saturated carbocycles. The second-order valence-corrected chi connectivity index (χ2v) is 7.92. The van der Waals surface area contributed by atoms with Crippen LogP contribution in [0.2, 0.25) is 0 Å². The zero-order valence-electron chi connectivity index (χ0n) is 14.4. The van der Waals surface area contributed by atoms with Crippen molar-refractivity contribution < 1.29 is 23.1 Å². The standard InChI is InChI=1S/C18H21F3N2O2S/c1-12-7-8-15-14(9-12)17(25,18(19,20)21)23(22-15)16(24)11-26-10-13-5-3-2-4-6-13/h2-6,12,14,25H,7-11H2,1H3/t12-,14-,17+/m1/s1.